The van der Waals surface area contributed by atoms with E-state index in [4.69, 9.17) is 21.2 Å². The monoisotopic (exact) mass is 226 g/mol. The highest BCUT2D eigenvalue weighted by atomic mass is 35.5. The van der Waals surface area contributed by atoms with Gasteiger partial charge in [-0.3, -0.25) is 9.36 Å². The molecule has 0 atom stereocenters. The summed E-state index contributed by atoms with van der Waals surface area (Å²) in [6, 6.07) is 0.111. The summed E-state index contributed by atoms with van der Waals surface area (Å²) < 4.78 is 53.9. The van der Waals surface area contributed by atoms with Crippen LogP contribution >= 0.6 is 11.6 Å². The van der Waals surface area contributed by atoms with Crippen LogP contribution < -0.4 is 5.56 Å². The lowest BCUT2D eigenvalue weighted by atomic mass is 10.2. The molecule has 0 spiro atoms. The molecule has 0 unspecified atom stereocenters. The fourth-order valence-corrected chi connectivity index (χ4v) is 1.17. The Morgan fingerprint density at radius 2 is 2.07 bits per heavy atom. The molecule has 0 bridgehead atoms. The lowest BCUT2D eigenvalue weighted by Crippen LogP contribution is -2.16. The summed E-state index contributed by atoms with van der Waals surface area (Å²) in [4.78, 5) is 12.0. The van der Waals surface area contributed by atoms with E-state index in [-0.39, 0.29) is 16.3 Å². The summed E-state index contributed by atoms with van der Waals surface area (Å²) in [7, 11) is 0. The van der Waals surface area contributed by atoms with Gasteiger partial charge in [0.05, 0.1) is 5.48 Å². The Kier molecular flexibility index (Phi) is 1.18. The first-order chi connectivity index (χ1) is 10.1. The summed E-state index contributed by atoms with van der Waals surface area (Å²) in [6.45, 7) is -2.47. The standard InChI is InChI=1S/C12H10ClNO/c1-9-2-7-12(15)14(8-9)11-5-3-10(13)4-6-11/h2-8H,1H3/i1D3,3D,4D,5D,6D. The minimum atomic E-state index is -2.47. The van der Waals surface area contributed by atoms with Gasteiger partial charge in [0.1, 0.15) is 0 Å². The van der Waals surface area contributed by atoms with Crippen molar-refractivity contribution in [1.29, 1.82) is 0 Å². The normalized spacial score (nSPS) is 17.8. The molecular weight excluding hydrogens is 210 g/mol. The Morgan fingerprint density at radius 3 is 2.73 bits per heavy atom. The van der Waals surface area contributed by atoms with Gasteiger partial charge in [-0.15, -0.1) is 0 Å². The Balaban J connectivity index is 2.86. The number of aromatic nitrogens is 1. The van der Waals surface area contributed by atoms with Crippen LogP contribution in [0, 0.1) is 6.85 Å². The maximum absolute atomic E-state index is 12.0. The van der Waals surface area contributed by atoms with Crippen molar-refractivity contribution < 1.29 is 9.60 Å². The Morgan fingerprint density at radius 1 is 1.33 bits per heavy atom. The van der Waals surface area contributed by atoms with E-state index in [9.17, 15) is 4.79 Å². The van der Waals surface area contributed by atoms with E-state index >= 15 is 0 Å². The molecule has 0 saturated heterocycles. The maximum Gasteiger partial charge on any atom is 0.255 e. The molecule has 76 valence electrons. The molecular formula is C12H10ClNO. The topological polar surface area (TPSA) is 22.0 Å². The van der Waals surface area contributed by atoms with E-state index in [1.807, 2.05) is 0 Å². The lowest BCUT2D eigenvalue weighted by Gasteiger charge is -2.05. The molecule has 0 aliphatic carbocycles. The highest BCUT2D eigenvalue weighted by molar-refractivity contribution is 6.30. The summed E-state index contributed by atoms with van der Waals surface area (Å²) >= 11 is 5.70. The lowest BCUT2D eigenvalue weighted by molar-refractivity contribution is 0.977. The van der Waals surface area contributed by atoms with Crippen LogP contribution in [0.4, 0.5) is 0 Å². The molecule has 2 nitrogen and oxygen atoms in total. The van der Waals surface area contributed by atoms with Crippen molar-refractivity contribution in [3.8, 4) is 5.69 Å². The fourth-order valence-electron chi connectivity index (χ4n) is 1.07. The average Bonchev–Trinajstić information content (AvgIpc) is 2.44. The van der Waals surface area contributed by atoms with Crippen LogP contribution in [0.3, 0.4) is 0 Å². The van der Waals surface area contributed by atoms with E-state index in [2.05, 4.69) is 0 Å². The molecule has 0 saturated carbocycles. The quantitative estimate of drug-likeness (QED) is 0.733. The van der Waals surface area contributed by atoms with Crippen LogP contribution in [0.5, 0.6) is 0 Å². The van der Waals surface area contributed by atoms with E-state index in [0.29, 0.717) is 0 Å². The van der Waals surface area contributed by atoms with Gasteiger partial charge >= 0.3 is 0 Å². The van der Waals surface area contributed by atoms with Crippen LogP contribution in [0.25, 0.3) is 5.69 Å². The Labute approximate surface area is 103 Å². The number of halogens is 1. The molecule has 0 amide bonds. The van der Waals surface area contributed by atoms with Crippen molar-refractivity contribution >= 4 is 11.6 Å². The summed E-state index contributed by atoms with van der Waals surface area (Å²) in [6.07, 6.45) is 0.994. The van der Waals surface area contributed by atoms with Gasteiger partial charge in [0.25, 0.3) is 5.56 Å². The minimum Gasteiger partial charge on any atom is -0.284 e. The van der Waals surface area contributed by atoms with Crippen LogP contribution in [0.1, 0.15) is 15.2 Å². The summed E-state index contributed by atoms with van der Waals surface area (Å²) in [5.41, 5.74) is -1.16. The zero-order valence-corrected chi connectivity index (χ0v) is 8.22. The zero-order valence-electron chi connectivity index (χ0n) is 14.5. The molecule has 1 aromatic heterocycles. The minimum absolute atomic E-state index is 0.154. The van der Waals surface area contributed by atoms with E-state index < -0.39 is 36.6 Å². The van der Waals surface area contributed by atoms with Crippen LogP contribution in [-0.4, -0.2) is 4.57 Å². The second-order valence-electron chi connectivity index (χ2n) is 2.79. The maximum atomic E-state index is 12.0. The van der Waals surface area contributed by atoms with Crippen molar-refractivity contribution in [2.75, 3.05) is 0 Å². The largest absolute Gasteiger partial charge is 0.284 e. The fraction of sp³-hybridized carbons (Fsp3) is 0.0833. The number of aryl methyl sites for hydroxylation is 1. The van der Waals surface area contributed by atoms with E-state index in [1.165, 1.54) is 0 Å². The van der Waals surface area contributed by atoms with E-state index in [1.54, 1.807) is 0 Å². The van der Waals surface area contributed by atoms with Crippen LogP contribution in [0.2, 0.25) is 5.02 Å². The van der Waals surface area contributed by atoms with Gasteiger partial charge < -0.3 is 0 Å². The van der Waals surface area contributed by atoms with Gasteiger partial charge in [-0.2, -0.15) is 0 Å². The van der Waals surface area contributed by atoms with Gasteiger partial charge in [-0.1, -0.05) is 17.7 Å². The molecule has 3 heteroatoms. The van der Waals surface area contributed by atoms with Crippen molar-refractivity contribution in [2.24, 2.45) is 0 Å². The van der Waals surface area contributed by atoms with Gasteiger partial charge in [0, 0.05) is 27.1 Å². The molecule has 0 aliphatic heterocycles. The third-order valence-electron chi connectivity index (χ3n) is 1.73. The predicted octanol–water partition coefficient (Wildman–Crippen LogP) is 2.80. The molecule has 15 heavy (non-hydrogen) atoms. The van der Waals surface area contributed by atoms with Gasteiger partial charge in [-0.25, -0.2) is 0 Å². The smallest absolute Gasteiger partial charge is 0.255 e. The zero-order chi connectivity index (χ0) is 16.8. The van der Waals surface area contributed by atoms with Crippen LogP contribution in [-0.2, 0) is 0 Å². The molecule has 2 rings (SSSR count). The third-order valence-corrected chi connectivity index (χ3v) is 1.92. The second kappa shape index (κ2) is 3.91. The average molecular weight is 227 g/mol. The van der Waals surface area contributed by atoms with Crippen molar-refractivity contribution in [1.82, 2.24) is 4.57 Å². The van der Waals surface area contributed by atoms with E-state index in [0.717, 1.165) is 22.9 Å². The first-order valence-corrected chi connectivity index (χ1v) is 4.43. The van der Waals surface area contributed by atoms with Gasteiger partial charge in [0.15, 0.2) is 0 Å². The highest BCUT2D eigenvalue weighted by Gasteiger charge is 1.98. The molecule has 1 heterocycles. The van der Waals surface area contributed by atoms with Gasteiger partial charge in [-0.05, 0) is 36.6 Å². The molecule has 2 aromatic rings. The molecule has 0 fully saturated rings. The number of hydrogen-bond acceptors (Lipinski definition) is 1. The number of benzene rings is 1. The van der Waals surface area contributed by atoms with Crippen LogP contribution in [0.15, 0.2) is 47.3 Å². The van der Waals surface area contributed by atoms with Crippen molar-refractivity contribution in [3.63, 3.8) is 0 Å². The number of nitrogens with zero attached hydrogens (tertiary/aromatic N) is 1. The summed E-state index contributed by atoms with van der Waals surface area (Å²) in [5.74, 6) is 0. The number of hydrogen-bond donors (Lipinski definition) is 0. The molecule has 1 aromatic carbocycles. The first kappa shape index (κ1) is 4.54. The van der Waals surface area contributed by atoms with Gasteiger partial charge in [0.2, 0.25) is 0 Å². The first-order valence-electron chi connectivity index (χ1n) is 7.55. The molecule has 0 radical (unpaired) electrons. The number of pyridine rings is 1. The predicted molar refractivity (Wildman–Crippen MR) is 61.8 cm³/mol. The third kappa shape index (κ3) is 2.10. The van der Waals surface area contributed by atoms with Crippen molar-refractivity contribution in [3.05, 3.63) is 63.4 Å². The second-order valence-corrected chi connectivity index (χ2v) is 3.17. The number of rotatable bonds is 1. The SMILES string of the molecule is [2H]c1c([2H])c(-n2cc(C([2H])([2H])[2H])ccc2=O)c([2H])c([2H])c1Cl. The Bertz CT molecular complexity index is 783. The summed E-state index contributed by atoms with van der Waals surface area (Å²) in [5, 5.41) is -0.362. The molecule has 0 aliphatic rings. The Hall–Kier alpha value is -1.54. The molecule has 0 N–H and O–H groups in total. The van der Waals surface area contributed by atoms with Crippen molar-refractivity contribution in [2.45, 2.75) is 6.85 Å². The highest BCUT2D eigenvalue weighted by Crippen LogP contribution is 2.12.